The van der Waals surface area contributed by atoms with E-state index >= 15 is 0 Å². The average molecular weight is 318 g/mol. The normalized spacial score (nSPS) is 26.1. The van der Waals surface area contributed by atoms with Crippen molar-refractivity contribution in [3.05, 3.63) is 32.6 Å². The minimum absolute atomic E-state index is 0.219. The SMILES string of the molecule is CC[C@H]1O[C@@H](n2cc(C)c(=O)[nH]c2=O)C[C@H]1OS(C)(=O)=O. The van der Waals surface area contributed by atoms with Crippen molar-refractivity contribution >= 4 is 10.1 Å². The molecule has 0 radical (unpaired) electrons. The van der Waals surface area contributed by atoms with E-state index in [0.717, 1.165) is 6.26 Å². The number of aryl methyl sites for hydroxylation is 1. The van der Waals surface area contributed by atoms with Crippen LogP contribution in [0.15, 0.2) is 15.8 Å². The summed E-state index contributed by atoms with van der Waals surface area (Å²) in [7, 11) is -3.61. The number of ether oxygens (including phenoxy) is 1. The predicted octanol–water partition coefficient (Wildman–Crippen LogP) is -0.113. The third-order valence-corrected chi connectivity index (χ3v) is 3.93. The number of aromatic amines is 1. The Morgan fingerprint density at radius 2 is 2.14 bits per heavy atom. The number of nitrogens with one attached hydrogen (secondary N) is 1. The number of aromatic nitrogens is 2. The van der Waals surface area contributed by atoms with Gasteiger partial charge in [0.05, 0.1) is 12.4 Å². The molecular weight excluding hydrogens is 300 g/mol. The highest BCUT2D eigenvalue weighted by atomic mass is 32.2. The molecule has 1 aromatic rings. The number of rotatable bonds is 4. The standard InChI is InChI=1S/C12H18N2O6S/c1-4-8-9(20-21(3,17)18)5-10(19-8)14-6-7(2)11(15)13-12(14)16/h6,8-10H,4-5H2,1-3H3,(H,13,15,16)/t8-,9-,10-/m1/s1. The fraction of sp³-hybridized carbons (Fsp3) is 0.667. The molecule has 2 heterocycles. The summed E-state index contributed by atoms with van der Waals surface area (Å²) in [5, 5.41) is 0. The van der Waals surface area contributed by atoms with Gasteiger partial charge in [0.15, 0.2) is 0 Å². The molecule has 0 bridgehead atoms. The van der Waals surface area contributed by atoms with Crippen molar-refractivity contribution in [2.75, 3.05) is 6.26 Å². The zero-order chi connectivity index (χ0) is 15.8. The lowest BCUT2D eigenvalue weighted by atomic mass is 10.1. The summed E-state index contributed by atoms with van der Waals surface area (Å²) in [6.07, 6.45) is 1.41. The van der Waals surface area contributed by atoms with Gasteiger partial charge >= 0.3 is 5.69 Å². The van der Waals surface area contributed by atoms with Gasteiger partial charge in [0.1, 0.15) is 12.3 Å². The van der Waals surface area contributed by atoms with Crippen LogP contribution in [0.5, 0.6) is 0 Å². The van der Waals surface area contributed by atoms with Gasteiger partial charge in [-0.3, -0.25) is 18.5 Å². The molecule has 3 atom stereocenters. The Kier molecular flexibility index (Phi) is 4.35. The molecule has 2 rings (SSSR count). The summed E-state index contributed by atoms with van der Waals surface area (Å²) in [5.74, 6) is 0. The molecule has 118 valence electrons. The van der Waals surface area contributed by atoms with Crippen LogP contribution in [0.3, 0.4) is 0 Å². The van der Waals surface area contributed by atoms with Crippen LogP contribution < -0.4 is 11.2 Å². The van der Waals surface area contributed by atoms with E-state index in [1.165, 1.54) is 10.8 Å². The highest BCUT2D eigenvalue weighted by Gasteiger charge is 2.38. The largest absolute Gasteiger partial charge is 0.352 e. The molecule has 0 aliphatic carbocycles. The molecule has 0 saturated carbocycles. The lowest BCUT2D eigenvalue weighted by Crippen LogP contribution is -2.33. The van der Waals surface area contributed by atoms with Gasteiger partial charge in [0.2, 0.25) is 0 Å². The molecule has 1 aromatic heterocycles. The van der Waals surface area contributed by atoms with E-state index in [4.69, 9.17) is 8.92 Å². The number of nitrogens with zero attached hydrogens (tertiary/aromatic N) is 1. The van der Waals surface area contributed by atoms with Crippen LogP contribution in [0.4, 0.5) is 0 Å². The zero-order valence-corrected chi connectivity index (χ0v) is 12.8. The Bertz CT molecular complexity index is 735. The van der Waals surface area contributed by atoms with Crippen LogP contribution >= 0.6 is 0 Å². The van der Waals surface area contributed by atoms with Crippen LogP contribution in [-0.2, 0) is 19.0 Å². The summed E-state index contributed by atoms with van der Waals surface area (Å²) in [5.41, 5.74) is -0.672. The molecule has 1 fully saturated rings. The number of hydrogen-bond acceptors (Lipinski definition) is 6. The molecule has 8 nitrogen and oxygen atoms in total. The zero-order valence-electron chi connectivity index (χ0n) is 12.0. The first-order valence-corrected chi connectivity index (χ1v) is 8.38. The first-order chi connectivity index (χ1) is 9.71. The molecule has 1 saturated heterocycles. The third-order valence-electron chi connectivity index (χ3n) is 3.34. The van der Waals surface area contributed by atoms with Gasteiger partial charge in [-0.05, 0) is 13.3 Å². The fourth-order valence-electron chi connectivity index (χ4n) is 2.36. The van der Waals surface area contributed by atoms with Crippen LogP contribution in [0.2, 0.25) is 0 Å². The average Bonchev–Trinajstić information content (AvgIpc) is 2.74. The lowest BCUT2D eigenvalue weighted by molar-refractivity contribution is -0.0173. The Morgan fingerprint density at radius 3 is 2.71 bits per heavy atom. The van der Waals surface area contributed by atoms with Crippen molar-refractivity contribution in [1.82, 2.24) is 9.55 Å². The summed E-state index contributed by atoms with van der Waals surface area (Å²) in [6.45, 7) is 3.41. The highest BCUT2D eigenvalue weighted by molar-refractivity contribution is 7.86. The van der Waals surface area contributed by atoms with E-state index in [9.17, 15) is 18.0 Å². The minimum atomic E-state index is -3.61. The maximum atomic E-state index is 11.8. The second kappa shape index (κ2) is 5.74. The van der Waals surface area contributed by atoms with E-state index in [2.05, 4.69) is 4.98 Å². The fourth-order valence-corrected chi connectivity index (χ4v) is 3.01. The van der Waals surface area contributed by atoms with Crippen molar-refractivity contribution in [2.45, 2.75) is 45.1 Å². The molecule has 0 aromatic carbocycles. The quantitative estimate of drug-likeness (QED) is 0.776. The minimum Gasteiger partial charge on any atom is -0.352 e. The Morgan fingerprint density at radius 1 is 1.48 bits per heavy atom. The van der Waals surface area contributed by atoms with Gasteiger partial charge in [-0.1, -0.05) is 6.92 Å². The van der Waals surface area contributed by atoms with E-state index < -0.39 is 39.8 Å². The molecule has 0 unspecified atom stereocenters. The second-order valence-electron chi connectivity index (χ2n) is 5.09. The highest BCUT2D eigenvalue weighted by Crippen LogP contribution is 2.32. The molecule has 1 N–H and O–H groups in total. The van der Waals surface area contributed by atoms with Crippen LogP contribution in [-0.4, -0.2) is 36.4 Å². The Labute approximate surface area is 121 Å². The monoisotopic (exact) mass is 318 g/mol. The maximum absolute atomic E-state index is 11.8. The second-order valence-corrected chi connectivity index (χ2v) is 6.69. The summed E-state index contributed by atoms with van der Waals surface area (Å²) < 4.78 is 34.5. The van der Waals surface area contributed by atoms with E-state index in [1.807, 2.05) is 6.92 Å². The smallest absolute Gasteiger partial charge is 0.330 e. The van der Waals surface area contributed by atoms with E-state index in [-0.39, 0.29) is 6.42 Å². The van der Waals surface area contributed by atoms with Gasteiger partial charge in [0.25, 0.3) is 15.7 Å². The van der Waals surface area contributed by atoms with E-state index in [0.29, 0.717) is 12.0 Å². The van der Waals surface area contributed by atoms with Gasteiger partial charge in [-0.15, -0.1) is 0 Å². The Balaban J connectivity index is 2.29. The van der Waals surface area contributed by atoms with Crippen molar-refractivity contribution in [3.63, 3.8) is 0 Å². The van der Waals surface area contributed by atoms with Crippen LogP contribution in [0.1, 0.15) is 31.6 Å². The van der Waals surface area contributed by atoms with Gasteiger partial charge in [-0.2, -0.15) is 8.42 Å². The number of H-pyrrole nitrogens is 1. The topological polar surface area (TPSA) is 107 Å². The van der Waals surface area contributed by atoms with Crippen LogP contribution in [0.25, 0.3) is 0 Å². The van der Waals surface area contributed by atoms with Crippen LogP contribution in [0, 0.1) is 6.92 Å². The summed E-state index contributed by atoms with van der Waals surface area (Å²) >= 11 is 0. The van der Waals surface area contributed by atoms with Crippen molar-refractivity contribution in [2.24, 2.45) is 0 Å². The molecule has 1 aliphatic rings. The van der Waals surface area contributed by atoms with E-state index in [1.54, 1.807) is 6.92 Å². The number of hydrogen-bond donors (Lipinski definition) is 1. The summed E-state index contributed by atoms with van der Waals surface area (Å²) in [6, 6.07) is 0. The molecule has 0 spiro atoms. The summed E-state index contributed by atoms with van der Waals surface area (Å²) in [4.78, 5) is 25.4. The van der Waals surface area contributed by atoms with Gasteiger partial charge in [-0.25, -0.2) is 4.79 Å². The maximum Gasteiger partial charge on any atom is 0.330 e. The van der Waals surface area contributed by atoms with Gasteiger partial charge in [0, 0.05) is 18.2 Å². The van der Waals surface area contributed by atoms with Crippen molar-refractivity contribution in [3.8, 4) is 0 Å². The van der Waals surface area contributed by atoms with Crippen molar-refractivity contribution < 1.29 is 17.3 Å². The third kappa shape index (κ3) is 3.60. The molecule has 1 aliphatic heterocycles. The predicted molar refractivity (Wildman–Crippen MR) is 74.6 cm³/mol. The lowest BCUT2D eigenvalue weighted by Gasteiger charge is -2.15. The molecule has 9 heteroatoms. The Hall–Kier alpha value is -1.45. The van der Waals surface area contributed by atoms with Gasteiger partial charge < -0.3 is 4.74 Å². The first-order valence-electron chi connectivity index (χ1n) is 6.57. The first kappa shape index (κ1) is 15.9. The molecular formula is C12H18N2O6S. The molecule has 0 amide bonds. The van der Waals surface area contributed by atoms with Crippen molar-refractivity contribution in [1.29, 1.82) is 0 Å². The molecule has 21 heavy (non-hydrogen) atoms.